The molecule has 0 spiro atoms. The van der Waals surface area contributed by atoms with Crippen molar-refractivity contribution in [3.05, 3.63) is 0 Å². The lowest BCUT2D eigenvalue weighted by atomic mass is 9.92. The molecule has 0 rings (SSSR count). The first kappa shape index (κ1) is 10.9. The molecule has 0 atom stereocenters. The van der Waals surface area contributed by atoms with Gasteiger partial charge in [-0.05, 0) is 6.92 Å². The second-order valence-electron chi connectivity index (χ2n) is 3.49. The lowest BCUT2D eigenvalue weighted by Gasteiger charge is -2.35. The molecule has 0 radical (unpaired) electrons. The van der Waals surface area contributed by atoms with Crippen LogP contribution in [0.4, 0.5) is 0 Å². The second kappa shape index (κ2) is 4.07. The Kier molecular flexibility index (Phi) is 4.04. The average molecular weight is 160 g/mol. The number of aliphatic hydroxyl groups is 1. The fourth-order valence-corrected chi connectivity index (χ4v) is 1.23. The highest BCUT2D eigenvalue weighted by Gasteiger charge is 2.34. The van der Waals surface area contributed by atoms with Gasteiger partial charge in [0, 0.05) is 18.4 Å². The zero-order valence-electron chi connectivity index (χ0n) is 8.22. The largest absolute Gasteiger partial charge is 0.365 e. The molecule has 0 aromatic carbocycles. The lowest BCUT2D eigenvalue weighted by Crippen LogP contribution is -2.43. The van der Waals surface area contributed by atoms with E-state index in [2.05, 4.69) is 0 Å². The van der Waals surface area contributed by atoms with E-state index >= 15 is 0 Å². The summed E-state index contributed by atoms with van der Waals surface area (Å²) in [5, 5.41) is 9.94. The summed E-state index contributed by atoms with van der Waals surface area (Å²) in [6, 6.07) is 0. The first-order chi connectivity index (χ1) is 4.95. The molecular formula is C9H20O2. The molecule has 2 nitrogen and oxygen atoms in total. The van der Waals surface area contributed by atoms with Gasteiger partial charge in [0.1, 0.15) is 0 Å². The molecular weight excluding hydrogens is 140 g/mol. The molecule has 0 aliphatic rings. The minimum Gasteiger partial charge on any atom is -0.365 e. The van der Waals surface area contributed by atoms with Crippen LogP contribution < -0.4 is 0 Å². The summed E-state index contributed by atoms with van der Waals surface area (Å²) in [5.74, 6) is -0.667. The van der Waals surface area contributed by atoms with Gasteiger partial charge in [-0.25, -0.2) is 0 Å². The number of hydrogen-bond donors (Lipinski definition) is 1. The fourth-order valence-electron chi connectivity index (χ4n) is 1.23. The van der Waals surface area contributed by atoms with Crippen molar-refractivity contribution in [3.8, 4) is 0 Å². The summed E-state index contributed by atoms with van der Waals surface area (Å²) in [4.78, 5) is 0. The van der Waals surface area contributed by atoms with Crippen molar-refractivity contribution in [2.75, 3.05) is 6.61 Å². The fraction of sp³-hybridized carbons (Fsp3) is 1.00. The predicted molar refractivity (Wildman–Crippen MR) is 46.3 cm³/mol. The smallest absolute Gasteiger partial charge is 0.169 e. The van der Waals surface area contributed by atoms with E-state index in [1.54, 1.807) is 0 Å². The minimum atomic E-state index is -0.950. The Hall–Kier alpha value is -0.0800. The molecule has 0 heterocycles. The molecule has 2 heteroatoms. The second-order valence-corrected chi connectivity index (χ2v) is 3.49. The highest BCUT2D eigenvalue weighted by Crippen LogP contribution is 2.26. The van der Waals surface area contributed by atoms with Gasteiger partial charge in [-0.15, -0.1) is 0 Å². The quantitative estimate of drug-likeness (QED) is 0.637. The Morgan fingerprint density at radius 1 is 1.18 bits per heavy atom. The summed E-state index contributed by atoms with van der Waals surface area (Å²) in [5.41, 5.74) is 0. The zero-order valence-corrected chi connectivity index (χ0v) is 8.22. The Morgan fingerprint density at radius 2 is 1.55 bits per heavy atom. The molecule has 0 aliphatic carbocycles. The molecule has 0 unspecified atom stereocenters. The van der Waals surface area contributed by atoms with Crippen molar-refractivity contribution < 1.29 is 9.84 Å². The zero-order chi connectivity index (χ0) is 9.07. The van der Waals surface area contributed by atoms with E-state index in [9.17, 15) is 5.11 Å². The third-order valence-corrected chi connectivity index (χ3v) is 2.03. The van der Waals surface area contributed by atoms with Gasteiger partial charge in [0.25, 0.3) is 0 Å². The molecule has 0 amide bonds. The van der Waals surface area contributed by atoms with Crippen LogP contribution in [-0.4, -0.2) is 17.5 Å². The van der Waals surface area contributed by atoms with Crippen LogP contribution in [0.2, 0.25) is 0 Å². The number of ether oxygens (including phenoxy) is 1. The van der Waals surface area contributed by atoms with Gasteiger partial charge in [-0.2, -0.15) is 0 Å². The molecule has 0 aliphatic heterocycles. The molecule has 1 N–H and O–H groups in total. The first-order valence-electron chi connectivity index (χ1n) is 4.31. The van der Waals surface area contributed by atoms with Gasteiger partial charge in [-0.3, -0.25) is 0 Å². The highest BCUT2D eigenvalue weighted by molar-refractivity contribution is 4.74. The third-order valence-electron chi connectivity index (χ3n) is 2.03. The monoisotopic (exact) mass is 160 g/mol. The molecule has 11 heavy (non-hydrogen) atoms. The van der Waals surface area contributed by atoms with E-state index in [0.717, 1.165) is 0 Å². The maximum Gasteiger partial charge on any atom is 0.169 e. The van der Waals surface area contributed by atoms with Crippen molar-refractivity contribution >= 4 is 0 Å². The average Bonchev–Trinajstić information content (AvgIpc) is 1.87. The molecule has 0 aromatic heterocycles. The Bertz CT molecular complexity index is 100. The van der Waals surface area contributed by atoms with Crippen molar-refractivity contribution in [3.63, 3.8) is 0 Å². The summed E-state index contributed by atoms with van der Waals surface area (Å²) < 4.78 is 5.31. The Morgan fingerprint density at radius 3 is 1.64 bits per heavy atom. The number of hydrogen-bond acceptors (Lipinski definition) is 2. The molecule has 0 aromatic rings. The van der Waals surface area contributed by atoms with Gasteiger partial charge in [0.05, 0.1) is 0 Å². The normalized spacial score (nSPS) is 13.1. The van der Waals surface area contributed by atoms with E-state index in [0.29, 0.717) is 6.61 Å². The summed E-state index contributed by atoms with van der Waals surface area (Å²) in [6.07, 6.45) is 0. The van der Waals surface area contributed by atoms with Crippen LogP contribution in [0.25, 0.3) is 0 Å². The standard InChI is InChI=1S/C9H20O2/c1-6-11-9(10,7(2)3)8(4)5/h7-8,10H,6H2,1-5H3. The van der Waals surface area contributed by atoms with Crippen LogP contribution in [-0.2, 0) is 4.74 Å². The highest BCUT2D eigenvalue weighted by atomic mass is 16.6. The summed E-state index contributed by atoms with van der Waals surface area (Å²) >= 11 is 0. The van der Waals surface area contributed by atoms with Crippen molar-refractivity contribution in [2.45, 2.75) is 40.4 Å². The van der Waals surface area contributed by atoms with Crippen LogP contribution >= 0.6 is 0 Å². The van der Waals surface area contributed by atoms with Gasteiger partial charge in [0.15, 0.2) is 5.79 Å². The van der Waals surface area contributed by atoms with E-state index in [1.165, 1.54) is 0 Å². The maximum atomic E-state index is 9.94. The van der Waals surface area contributed by atoms with Crippen LogP contribution in [0, 0.1) is 11.8 Å². The lowest BCUT2D eigenvalue weighted by molar-refractivity contribution is -0.254. The van der Waals surface area contributed by atoms with Crippen molar-refractivity contribution in [2.24, 2.45) is 11.8 Å². The van der Waals surface area contributed by atoms with Gasteiger partial charge < -0.3 is 9.84 Å². The maximum absolute atomic E-state index is 9.94. The Balaban J connectivity index is 4.26. The molecule has 0 saturated carbocycles. The van der Waals surface area contributed by atoms with Crippen molar-refractivity contribution in [1.82, 2.24) is 0 Å². The van der Waals surface area contributed by atoms with Gasteiger partial charge in [0.2, 0.25) is 0 Å². The van der Waals surface area contributed by atoms with Crippen LogP contribution in [0.3, 0.4) is 0 Å². The molecule has 0 fully saturated rings. The van der Waals surface area contributed by atoms with Crippen LogP contribution in [0.5, 0.6) is 0 Å². The molecule has 0 saturated heterocycles. The number of rotatable bonds is 4. The van der Waals surface area contributed by atoms with Crippen molar-refractivity contribution in [1.29, 1.82) is 0 Å². The van der Waals surface area contributed by atoms with Crippen LogP contribution in [0.1, 0.15) is 34.6 Å². The van der Waals surface area contributed by atoms with E-state index in [4.69, 9.17) is 4.74 Å². The Labute approximate surface area is 69.6 Å². The minimum absolute atomic E-state index is 0.141. The predicted octanol–water partition coefficient (Wildman–Crippen LogP) is 2.02. The first-order valence-corrected chi connectivity index (χ1v) is 4.31. The summed E-state index contributed by atoms with van der Waals surface area (Å²) in [7, 11) is 0. The van der Waals surface area contributed by atoms with Gasteiger partial charge >= 0.3 is 0 Å². The SMILES string of the molecule is CCOC(O)(C(C)C)C(C)C. The van der Waals surface area contributed by atoms with Crippen LogP contribution in [0.15, 0.2) is 0 Å². The molecule has 68 valence electrons. The third kappa shape index (κ3) is 2.46. The topological polar surface area (TPSA) is 29.5 Å². The molecule has 0 bridgehead atoms. The van der Waals surface area contributed by atoms with E-state index < -0.39 is 5.79 Å². The van der Waals surface area contributed by atoms with E-state index in [-0.39, 0.29) is 11.8 Å². The van der Waals surface area contributed by atoms with Gasteiger partial charge in [-0.1, -0.05) is 27.7 Å². The van der Waals surface area contributed by atoms with E-state index in [1.807, 2.05) is 34.6 Å². The summed E-state index contributed by atoms with van der Waals surface area (Å²) in [6.45, 7) is 10.3.